The lowest BCUT2D eigenvalue weighted by Crippen LogP contribution is -2.20. The fourth-order valence-corrected chi connectivity index (χ4v) is 3.75. The quantitative estimate of drug-likeness (QED) is 0.527. The average molecular weight is 435 g/mol. The number of halogens is 2. The minimum atomic E-state index is -0.354. The van der Waals surface area contributed by atoms with Crippen molar-refractivity contribution in [1.29, 1.82) is 0 Å². The topological polar surface area (TPSA) is 67.4 Å². The first-order chi connectivity index (χ1) is 13.4. The van der Waals surface area contributed by atoms with E-state index in [4.69, 9.17) is 27.9 Å². The minimum absolute atomic E-state index is 0.199. The van der Waals surface area contributed by atoms with Gasteiger partial charge in [-0.25, -0.2) is 0 Å². The van der Waals surface area contributed by atoms with Crippen molar-refractivity contribution >= 4 is 57.7 Å². The summed E-state index contributed by atoms with van der Waals surface area (Å²) in [4.78, 5) is 24.9. The van der Waals surface area contributed by atoms with Crippen LogP contribution in [-0.4, -0.2) is 18.4 Å². The number of carbonyl (C=O) groups excluding carboxylic acids is 2. The van der Waals surface area contributed by atoms with Crippen LogP contribution in [-0.2, 0) is 4.79 Å². The van der Waals surface area contributed by atoms with E-state index in [-0.39, 0.29) is 18.4 Å². The molecule has 0 aliphatic heterocycles. The molecule has 2 aromatic carbocycles. The van der Waals surface area contributed by atoms with Crippen LogP contribution in [0.3, 0.4) is 0 Å². The number of hydrogen-bond acceptors (Lipinski definition) is 4. The summed E-state index contributed by atoms with van der Waals surface area (Å²) in [6.45, 7) is 1.58. The zero-order valence-corrected chi connectivity index (χ0v) is 17.1. The Morgan fingerprint density at radius 3 is 2.46 bits per heavy atom. The van der Waals surface area contributed by atoms with Crippen molar-refractivity contribution in [3.63, 3.8) is 0 Å². The van der Waals surface area contributed by atoms with Crippen LogP contribution in [0.15, 0.2) is 53.9 Å². The zero-order chi connectivity index (χ0) is 20.1. The molecule has 8 heteroatoms. The van der Waals surface area contributed by atoms with Gasteiger partial charge in [0.1, 0.15) is 5.75 Å². The Labute approximate surface area is 176 Å². The maximum Gasteiger partial charge on any atom is 0.265 e. The molecule has 0 saturated heterocycles. The summed E-state index contributed by atoms with van der Waals surface area (Å²) >= 11 is 13.4. The summed E-state index contributed by atoms with van der Waals surface area (Å²) in [7, 11) is 0. The number of amides is 2. The molecule has 0 spiro atoms. The number of hydrogen-bond donors (Lipinski definition) is 2. The van der Waals surface area contributed by atoms with Gasteiger partial charge in [0.2, 0.25) is 0 Å². The standard InChI is InChI=1S/C20H16Cl2N2O3S/c1-12-8-13(21)9-16(22)19(12)27-11-18(25)23-14-4-2-5-15(10-14)24-20(26)17-6-3-7-28-17/h2-10H,11H2,1H3,(H,23,25)(H,24,26). The second-order valence-electron chi connectivity index (χ2n) is 5.88. The van der Waals surface area contributed by atoms with E-state index < -0.39 is 0 Å². The lowest BCUT2D eigenvalue weighted by Gasteiger charge is -2.12. The van der Waals surface area contributed by atoms with Crippen molar-refractivity contribution in [1.82, 2.24) is 0 Å². The molecule has 0 unspecified atom stereocenters. The van der Waals surface area contributed by atoms with Crippen LogP contribution in [0.2, 0.25) is 10.0 Å². The van der Waals surface area contributed by atoms with Crippen LogP contribution in [0.1, 0.15) is 15.2 Å². The van der Waals surface area contributed by atoms with Crippen LogP contribution >= 0.6 is 34.5 Å². The minimum Gasteiger partial charge on any atom is -0.482 e. The van der Waals surface area contributed by atoms with Gasteiger partial charge in [-0.15, -0.1) is 11.3 Å². The van der Waals surface area contributed by atoms with Gasteiger partial charge in [0.05, 0.1) is 9.90 Å². The normalized spacial score (nSPS) is 10.4. The number of aryl methyl sites for hydroxylation is 1. The largest absolute Gasteiger partial charge is 0.482 e. The van der Waals surface area contributed by atoms with E-state index in [0.29, 0.717) is 32.0 Å². The van der Waals surface area contributed by atoms with E-state index >= 15 is 0 Å². The number of anilines is 2. The summed E-state index contributed by atoms with van der Waals surface area (Å²) in [5.41, 5.74) is 1.86. The highest BCUT2D eigenvalue weighted by atomic mass is 35.5. The van der Waals surface area contributed by atoms with E-state index in [1.165, 1.54) is 11.3 Å². The number of rotatable bonds is 6. The highest BCUT2D eigenvalue weighted by Crippen LogP contribution is 2.31. The first-order valence-electron chi connectivity index (χ1n) is 8.25. The van der Waals surface area contributed by atoms with Crippen LogP contribution in [0.25, 0.3) is 0 Å². The van der Waals surface area contributed by atoms with Gasteiger partial charge in [-0.1, -0.05) is 35.3 Å². The summed E-state index contributed by atoms with van der Waals surface area (Å²) in [5, 5.41) is 8.20. The smallest absolute Gasteiger partial charge is 0.265 e. The summed E-state index contributed by atoms with van der Waals surface area (Å²) < 4.78 is 5.53. The van der Waals surface area contributed by atoms with Crippen molar-refractivity contribution in [3.8, 4) is 5.75 Å². The Morgan fingerprint density at radius 1 is 1.04 bits per heavy atom. The Morgan fingerprint density at radius 2 is 1.79 bits per heavy atom. The number of nitrogens with one attached hydrogen (secondary N) is 2. The molecule has 3 aromatic rings. The number of ether oxygens (including phenoxy) is 1. The predicted octanol–water partition coefficient (Wildman–Crippen LogP) is 5.63. The third-order valence-electron chi connectivity index (χ3n) is 3.69. The fourth-order valence-electron chi connectivity index (χ4n) is 2.48. The SMILES string of the molecule is Cc1cc(Cl)cc(Cl)c1OCC(=O)Nc1cccc(NC(=O)c2cccs2)c1. The first-order valence-corrected chi connectivity index (χ1v) is 9.89. The van der Waals surface area contributed by atoms with Gasteiger partial charge in [0.25, 0.3) is 11.8 Å². The van der Waals surface area contributed by atoms with Crippen molar-refractivity contribution < 1.29 is 14.3 Å². The third kappa shape index (κ3) is 5.25. The van der Waals surface area contributed by atoms with Gasteiger partial charge >= 0.3 is 0 Å². The molecule has 28 heavy (non-hydrogen) atoms. The first kappa shape index (κ1) is 20.2. The van der Waals surface area contributed by atoms with Gasteiger partial charge < -0.3 is 15.4 Å². The molecular weight excluding hydrogens is 419 g/mol. The predicted molar refractivity (Wildman–Crippen MR) is 114 cm³/mol. The molecule has 144 valence electrons. The average Bonchev–Trinajstić information content (AvgIpc) is 3.16. The molecule has 0 fully saturated rings. The molecule has 3 rings (SSSR count). The Bertz CT molecular complexity index is 983. The summed E-state index contributed by atoms with van der Waals surface area (Å²) in [6.07, 6.45) is 0. The highest BCUT2D eigenvalue weighted by Gasteiger charge is 2.11. The van der Waals surface area contributed by atoms with Gasteiger partial charge in [-0.05, 0) is 54.3 Å². The Balaban J connectivity index is 1.59. The van der Waals surface area contributed by atoms with Gasteiger partial charge in [-0.3, -0.25) is 9.59 Å². The maximum atomic E-state index is 12.2. The second-order valence-corrected chi connectivity index (χ2v) is 7.67. The lowest BCUT2D eigenvalue weighted by atomic mass is 10.2. The van der Waals surface area contributed by atoms with Crippen LogP contribution in [0.4, 0.5) is 11.4 Å². The number of benzene rings is 2. The molecule has 1 heterocycles. The van der Waals surface area contributed by atoms with Crippen molar-refractivity contribution in [2.75, 3.05) is 17.2 Å². The molecular formula is C20H16Cl2N2O3S. The molecule has 0 aliphatic rings. The molecule has 0 atom stereocenters. The van der Waals surface area contributed by atoms with Crippen molar-refractivity contribution in [2.24, 2.45) is 0 Å². The second kappa shape index (κ2) is 9.10. The van der Waals surface area contributed by atoms with E-state index in [9.17, 15) is 9.59 Å². The molecule has 0 bridgehead atoms. The molecule has 2 N–H and O–H groups in total. The maximum absolute atomic E-state index is 12.2. The molecule has 5 nitrogen and oxygen atoms in total. The number of thiophene rings is 1. The van der Waals surface area contributed by atoms with Gasteiger partial charge in [0, 0.05) is 16.4 Å². The van der Waals surface area contributed by atoms with Gasteiger partial charge in [0.15, 0.2) is 6.61 Å². The highest BCUT2D eigenvalue weighted by molar-refractivity contribution is 7.12. The Kier molecular flexibility index (Phi) is 6.57. The van der Waals surface area contributed by atoms with Crippen molar-refractivity contribution in [2.45, 2.75) is 6.92 Å². The third-order valence-corrected chi connectivity index (χ3v) is 5.06. The van der Waals surface area contributed by atoms with Crippen LogP contribution in [0.5, 0.6) is 5.75 Å². The lowest BCUT2D eigenvalue weighted by molar-refractivity contribution is -0.118. The molecule has 2 amide bonds. The van der Waals surface area contributed by atoms with E-state index in [2.05, 4.69) is 10.6 Å². The zero-order valence-electron chi connectivity index (χ0n) is 14.8. The molecule has 1 aromatic heterocycles. The number of carbonyl (C=O) groups is 2. The fraction of sp³-hybridized carbons (Fsp3) is 0.100. The summed E-state index contributed by atoms with van der Waals surface area (Å²) in [6, 6.07) is 13.7. The van der Waals surface area contributed by atoms with Crippen LogP contribution < -0.4 is 15.4 Å². The molecule has 0 saturated carbocycles. The van der Waals surface area contributed by atoms with Crippen molar-refractivity contribution in [3.05, 3.63) is 74.4 Å². The van der Waals surface area contributed by atoms with Crippen LogP contribution in [0, 0.1) is 6.92 Å². The monoisotopic (exact) mass is 434 g/mol. The van der Waals surface area contributed by atoms with E-state index in [1.54, 1.807) is 49.4 Å². The molecule has 0 aliphatic carbocycles. The summed E-state index contributed by atoms with van der Waals surface area (Å²) in [5.74, 6) is -0.139. The molecule has 0 radical (unpaired) electrons. The van der Waals surface area contributed by atoms with E-state index in [0.717, 1.165) is 5.56 Å². The Hall–Kier alpha value is -2.54. The van der Waals surface area contributed by atoms with E-state index in [1.807, 2.05) is 11.4 Å². The van der Waals surface area contributed by atoms with Gasteiger partial charge in [-0.2, -0.15) is 0 Å².